The van der Waals surface area contributed by atoms with Crippen molar-refractivity contribution >= 4 is 17.6 Å². The number of anilines is 1. The number of nitrogens with one attached hydrogen (secondary N) is 1. The highest BCUT2D eigenvalue weighted by Gasteiger charge is 2.45. The molecule has 5 rings (SSSR count). The standard InChI is InChI=1S/C34H38N4O2/c1-24-13-11-12-18-29(24)38-31(22-30(36-38)34(2,3)4)35-32(39)23-37(20-19-25-14-7-5-8-15-25)33(40)28-21-27(28)26-16-9-6-10-17-26/h5-18,22,27-28H,19-21,23H2,1-4H3,(H,35,39)/t27-,28-/m0/s1. The van der Waals surface area contributed by atoms with E-state index in [2.05, 4.69) is 50.4 Å². The van der Waals surface area contributed by atoms with Crippen molar-refractivity contribution in [3.05, 3.63) is 113 Å². The number of carbonyl (C=O) groups is 2. The molecule has 0 aliphatic heterocycles. The average Bonchev–Trinajstić information content (AvgIpc) is 3.64. The lowest BCUT2D eigenvalue weighted by atomic mass is 9.92. The Labute approximate surface area is 237 Å². The SMILES string of the molecule is Cc1ccccc1-n1nc(C(C)(C)C)cc1NC(=O)CN(CCc1ccccc1)C(=O)[C@H]1C[C@H]1c1ccccc1. The number of nitrogens with zero attached hydrogens (tertiary/aromatic N) is 3. The minimum atomic E-state index is -0.228. The van der Waals surface area contributed by atoms with Crippen molar-refractivity contribution in [1.29, 1.82) is 0 Å². The van der Waals surface area contributed by atoms with Crippen LogP contribution in [-0.2, 0) is 21.4 Å². The number of carbonyl (C=O) groups excluding carboxylic acids is 2. The van der Waals surface area contributed by atoms with Crippen LogP contribution in [0.15, 0.2) is 91.0 Å². The van der Waals surface area contributed by atoms with Gasteiger partial charge in [-0.2, -0.15) is 5.10 Å². The highest BCUT2D eigenvalue weighted by atomic mass is 16.2. The molecule has 1 heterocycles. The van der Waals surface area contributed by atoms with Gasteiger partial charge in [0.1, 0.15) is 5.82 Å². The molecule has 0 unspecified atom stereocenters. The van der Waals surface area contributed by atoms with Gasteiger partial charge in [0, 0.05) is 23.9 Å². The Hall–Kier alpha value is -4.19. The van der Waals surface area contributed by atoms with Crippen molar-refractivity contribution in [2.24, 2.45) is 5.92 Å². The minimum Gasteiger partial charge on any atom is -0.333 e. The third-order valence-electron chi connectivity index (χ3n) is 7.58. The smallest absolute Gasteiger partial charge is 0.245 e. The fraction of sp³-hybridized carbons (Fsp3) is 0.324. The predicted molar refractivity (Wildman–Crippen MR) is 160 cm³/mol. The van der Waals surface area contributed by atoms with Crippen LogP contribution < -0.4 is 5.32 Å². The van der Waals surface area contributed by atoms with Gasteiger partial charge < -0.3 is 10.2 Å². The molecular formula is C34H38N4O2. The monoisotopic (exact) mass is 534 g/mol. The second-order valence-electron chi connectivity index (χ2n) is 11.8. The zero-order valence-electron chi connectivity index (χ0n) is 23.8. The van der Waals surface area contributed by atoms with Crippen molar-refractivity contribution in [2.75, 3.05) is 18.4 Å². The summed E-state index contributed by atoms with van der Waals surface area (Å²) in [6.45, 7) is 8.82. The molecule has 40 heavy (non-hydrogen) atoms. The van der Waals surface area contributed by atoms with E-state index < -0.39 is 0 Å². The van der Waals surface area contributed by atoms with Crippen LogP contribution in [0, 0.1) is 12.8 Å². The first-order valence-corrected chi connectivity index (χ1v) is 14.0. The molecule has 0 radical (unpaired) electrons. The molecule has 2 amide bonds. The van der Waals surface area contributed by atoms with Gasteiger partial charge in [-0.1, -0.05) is 99.6 Å². The normalized spacial score (nSPS) is 16.4. The van der Waals surface area contributed by atoms with E-state index in [4.69, 9.17) is 5.10 Å². The summed E-state index contributed by atoms with van der Waals surface area (Å²) in [5.41, 5.74) is 4.99. The molecule has 206 valence electrons. The molecule has 0 bridgehead atoms. The van der Waals surface area contributed by atoms with Crippen LogP contribution in [0.3, 0.4) is 0 Å². The largest absolute Gasteiger partial charge is 0.333 e. The van der Waals surface area contributed by atoms with Crippen LogP contribution in [-0.4, -0.2) is 39.6 Å². The van der Waals surface area contributed by atoms with E-state index in [0.29, 0.717) is 18.8 Å². The lowest BCUT2D eigenvalue weighted by molar-refractivity contribution is -0.135. The highest BCUT2D eigenvalue weighted by Crippen LogP contribution is 2.48. The van der Waals surface area contributed by atoms with E-state index in [1.54, 1.807) is 9.58 Å². The van der Waals surface area contributed by atoms with Crippen LogP contribution in [0.5, 0.6) is 0 Å². The van der Waals surface area contributed by atoms with Crippen LogP contribution in [0.1, 0.15) is 55.5 Å². The van der Waals surface area contributed by atoms with E-state index in [1.165, 1.54) is 5.56 Å². The number of hydrogen-bond donors (Lipinski definition) is 1. The van der Waals surface area contributed by atoms with Gasteiger partial charge in [-0.3, -0.25) is 9.59 Å². The highest BCUT2D eigenvalue weighted by molar-refractivity contribution is 5.95. The van der Waals surface area contributed by atoms with Gasteiger partial charge in [-0.15, -0.1) is 0 Å². The summed E-state index contributed by atoms with van der Waals surface area (Å²) in [5.74, 6) is 0.549. The Kier molecular flexibility index (Phi) is 7.88. The maximum Gasteiger partial charge on any atom is 0.245 e. The van der Waals surface area contributed by atoms with E-state index in [0.717, 1.165) is 28.9 Å². The van der Waals surface area contributed by atoms with E-state index in [9.17, 15) is 9.59 Å². The lowest BCUT2D eigenvalue weighted by Crippen LogP contribution is -2.40. The summed E-state index contributed by atoms with van der Waals surface area (Å²) in [4.78, 5) is 28.9. The first-order valence-electron chi connectivity index (χ1n) is 14.0. The van der Waals surface area contributed by atoms with Crippen molar-refractivity contribution in [2.45, 2.75) is 51.9 Å². The van der Waals surface area contributed by atoms with Gasteiger partial charge >= 0.3 is 0 Å². The Morgan fingerprint density at radius 1 is 0.950 bits per heavy atom. The van der Waals surface area contributed by atoms with Gasteiger partial charge in [0.2, 0.25) is 11.8 Å². The Bertz CT molecular complexity index is 1470. The predicted octanol–water partition coefficient (Wildman–Crippen LogP) is 6.29. The molecule has 1 aliphatic rings. The second-order valence-corrected chi connectivity index (χ2v) is 11.8. The summed E-state index contributed by atoms with van der Waals surface area (Å²) in [6, 6.07) is 30.2. The van der Waals surface area contributed by atoms with Gasteiger partial charge in [0.25, 0.3) is 0 Å². The quantitative estimate of drug-likeness (QED) is 0.274. The number of aromatic nitrogens is 2. The maximum atomic E-state index is 13.7. The summed E-state index contributed by atoms with van der Waals surface area (Å²) in [5, 5.41) is 7.94. The van der Waals surface area contributed by atoms with Crippen LogP contribution in [0.2, 0.25) is 0 Å². The van der Waals surface area contributed by atoms with Gasteiger partial charge in [-0.05, 0) is 48.4 Å². The summed E-state index contributed by atoms with van der Waals surface area (Å²) < 4.78 is 1.80. The molecule has 1 N–H and O–H groups in total. The second kappa shape index (κ2) is 11.5. The Balaban J connectivity index is 1.36. The molecule has 0 spiro atoms. The molecule has 1 fully saturated rings. The third kappa shape index (κ3) is 6.33. The van der Waals surface area contributed by atoms with E-state index in [-0.39, 0.29) is 35.6 Å². The number of amides is 2. The third-order valence-corrected chi connectivity index (χ3v) is 7.58. The van der Waals surface area contributed by atoms with Gasteiger partial charge in [0.15, 0.2) is 0 Å². The number of benzene rings is 3. The summed E-state index contributed by atoms with van der Waals surface area (Å²) in [6.07, 6.45) is 1.51. The molecule has 6 heteroatoms. The number of hydrogen-bond acceptors (Lipinski definition) is 3. The fourth-order valence-corrected chi connectivity index (χ4v) is 5.12. The average molecular weight is 535 g/mol. The first-order chi connectivity index (χ1) is 19.2. The number of aryl methyl sites for hydroxylation is 1. The summed E-state index contributed by atoms with van der Waals surface area (Å²) in [7, 11) is 0. The molecule has 0 saturated heterocycles. The molecular weight excluding hydrogens is 496 g/mol. The van der Waals surface area contributed by atoms with Crippen molar-refractivity contribution in [1.82, 2.24) is 14.7 Å². The molecule has 1 aromatic heterocycles. The Morgan fingerprint density at radius 2 is 1.60 bits per heavy atom. The van der Waals surface area contributed by atoms with E-state index in [1.807, 2.05) is 73.7 Å². The molecule has 3 aromatic carbocycles. The lowest BCUT2D eigenvalue weighted by Gasteiger charge is -2.23. The van der Waals surface area contributed by atoms with Crippen molar-refractivity contribution < 1.29 is 9.59 Å². The molecule has 4 aromatic rings. The summed E-state index contributed by atoms with van der Waals surface area (Å²) >= 11 is 0. The molecule has 2 atom stereocenters. The molecule has 1 aliphatic carbocycles. The van der Waals surface area contributed by atoms with Crippen molar-refractivity contribution in [3.8, 4) is 5.69 Å². The zero-order chi connectivity index (χ0) is 28.3. The fourth-order valence-electron chi connectivity index (χ4n) is 5.12. The first kappa shape index (κ1) is 27.4. The van der Waals surface area contributed by atoms with E-state index >= 15 is 0 Å². The van der Waals surface area contributed by atoms with Gasteiger partial charge in [-0.25, -0.2) is 4.68 Å². The number of para-hydroxylation sites is 1. The molecule has 1 saturated carbocycles. The van der Waals surface area contributed by atoms with Crippen LogP contribution in [0.4, 0.5) is 5.82 Å². The number of rotatable bonds is 9. The van der Waals surface area contributed by atoms with Crippen LogP contribution in [0.25, 0.3) is 5.69 Å². The van der Waals surface area contributed by atoms with Crippen molar-refractivity contribution in [3.63, 3.8) is 0 Å². The maximum absolute atomic E-state index is 13.7. The topological polar surface area (TPSA) is 67.2 Å². The zero-order valence-corrected chi connectivity index (χ0v) is 23.8. The molecule has 6 nitrogen and oxygen atoms in total. The van der Waals surface area contributed by atoms with Crippen LogP contribution >= 0.6 is 0 Å². The van der Waals surface area contributed by atoms with Gasteiger partial charge in [0.05, 0.1) is 17.9 Å². The Morgan fingerprint density at radius 3 is 2.27 bits per heavy atom. The minimum absolute atomic E-state index is 0.00647.